The lowest BCUT2D eigenvalue weighted by Gasteiger charge is -2.46. The summed E-state index contributed by atoms with van der Waals surface area (Å²) in [4.78, 5) is 79.6. The zero-order valence-electron chi connectivity index (χ0n) is 29.4. The number of thioether (sulfide) groups is 1. The number of aromatic nitrogens is 2. The molecule has 22 heteroatoms. The van der Waals surface area contributed by atoms with Crippen LogP contribution in [-0.2, 0) is 32.3 Å². The Morgan fingerprint density at radius 3 is 2.20 bits per heavy atom. The van der Waals surface area contributed by atoms with Crippen molar-refractivity contribution in [1.82, 2.24) is 24.5 Å². The normalized spacial score (nSPS) is 17.9. The fraction of sp³-hybridized carbons (Fsp3) is 0.294. The topological polar surface area (TPSA) is 273 Å². The lowest BCUT2D eigenvalue weighted by Crippen LogP contribution is -2.63. The number of rotatable bonds is 13. The van der Waals surface area contributed by atoms with Crippen molar-refractivity contribution in [1.29, 1.82) is 5.41 Å². The second-order valence-electron chi connectivity index (χ2n) is 12.6. The number of aliphatic hydroxyl groups is 1. The van der Waals surface area contributed by atoms with Gasteiger partial charge in [-0.2, -0.15) is 0 Å². The van der Waals surface area contributed by atoms with Crippen molar-refractivity contribution in [3.63, 3.8) is 0 Å². The van der Waals surface area contributed by atoms with Crippen molar-refractivity contribution in [2.45, 2.75) is 44.2 Å². The minimum absolute atomic E-state index is 0.119. The molecule has 4 aromatic rings. The zero-order valence-corrected chi connectivity index (χ0v) is 31.0. The zero-order chi connectivity index (χ0) is 40.4. The van der Waals surface area contributed by atoms with E-state index in [0.29, 0.717) is 31.4 Å². The van der Waals surface area contributed by atoms with Crippen LogP contribution in [0.3, 0.4) is 0 Å². The fourth-order valence-electron chi connectivity index (χ4n) is 6.42. The summed E-state index contributed by atoms with van der Waals surface area (Å²) in [5, 5.41) is 53.4. The molecule has 4 N–H and O–H groups in total. The number of nitrogens with one attached hydrogen (secondary N) is 2. The lowest BCUT2D eigenvalue weighted by atomic mass is 9.77. The van der Waals surface area contributed by atoms with E-state index in [-0.39, 0.29) is 48.5 Å². The summed E-state index contributed by atoms with van der Waals surface area (Å²) in [5.41, 5.74) is 0.865. The number of carboxylic acid groups (broad SMARTS) is 1. The molecule has 0 spiro atoms. The highest BCUT2D eigenvalue weighted by Gasteiger charge is 2.60. The van der Waals surface area contributed by atoms with E-state index in [2.05, 4.69) is 10.3 Å². The van der Waals surface area contributed by atoms with Crippen molar-refractivity contribution in [3.8, 4) is 0 Å². The smallest absolute Gasteiger partial charge is 0.416 e. The Labute approximate surface area is 324 Å². The number of hydrogen-bond acceptors (Lipinski definition) is 15. The number of alkyl carbamates (subject to hydrolysis) is 1. The van der Waals surface area contributed by atoms with E-state index in [1.807, 2.05) is 6.92 Å². The summed E-state index contributed by atoms with van der Waals surface area (Å²) in [6.45, 7) is 2.52. The van der Waals surface area contributed by atoms with Crippen molar-refractivity contribution < 1.29 is 48.7 Å². The number of carboxylic acids is 1. The Balaban J connectivity index is 1.14. The number of benzene rings is 2. The molecule has 4 atom stereocenters. The van der Waals surface area contributed by atoms with E-state index in [0.717, 1.165) is 4.90 Å². The molecule has 3 amide bonds. The molecule has 2 aromatic heterocycles. The van der Waals surface area contributed by atoms with Gasteiger partial charge in [-0.15, -0.1) is 23.1 Å². The van der Waals surface area contributed by atoms with Gasteiger partial charge in [0.25, 0.3) is 11.4 Å². The second kappa shape index (κ2) is 16.1. The molecule has 20 nitrogen and oxygen atoms in total. The Morgan fingerprint density at radius 1 is 1.05 bits per heavy atom. The van der Waals surface area contributed by atoms with E-state index in [9.17, 15) is 49.6 Å². The number of nitrogens with zero attached hydrogens (tertiary/aromatic N) is 6. The highest BCUT2D eigenvalue weighted by Crippen LogP contribution is 2.51. The monoisotopic (exact) mass is 808 g/mol. The fourth-order valence-corrected chi connectivity index (χ4v) is 8.65. The summed E-state index contributed by atoms with van der Waals surface area (Å²) in [6, 6.07) is 10.0. The second-order valence-corrected chi connectivity index (χ2v) is 14.7. The lowest BCUT2D eigenvalue weighted by molar-refractivity contribution is -0.385. The van der Waals surface area contributed by atoms with Gasteiger partial charge in [-0.1, -0.05) is 6.92 Å². The first kappa shape index (κ1) is 39.3. The minimum atomic E-state index is -1.26. The van der Waals surface area contributed by atoms with E-state index in [1.54, 1.807) is 10.6 Å². The number of hydrogen-bond donors (Lipinski definition) is 4. The van der Waals surface area contributed by atoms with Gasteiger partial charge in [-0.25, -0.2) is 24.3 Å². The number of non-ortho nitro benzene ring substituents is 2. The number of amides is 3. The van der Waals surface area contributed by atoms with Crippen LogP contribution in [0.5, 0.6) is 0 Å². The van der Waals surface area contributed by atoms with Crippen LogP contribution < -0.4 is 5.32 Å². The molecule has 2 aliphatic heterocycles. The third-order valence-corrected chi connectivity index (χ3v) is 11.3. The first-order chi connectivity index (χ1) is 26.7. The van der Waals surface area contributed by atoms with Crippen LogP contribution in [0, 0.1) is 37.5 Å². The minimum Gasteiger partial charge on any atom is -0.477 e. The van der Waals surface area contributed by atoms with Crippen LogP contribution in [0.25, 0.3) is 10.4 Å². The van der Waals surface area contributed by atoms with Gasteiger partial charge in [0.2, 0.25) is 11.9 Å². The predicted octanol–water partition coefficient (Wildman–Crippen LogP) is 4.46. The molecule has 1 saturated heterocycles. The summed E-state index contributed by atoms with van der Waals surface area (Å²) >= 11 is 2.45. The van der Waals surface area contributed by atoms with Gasteiger partial charge < -0.3 is 24.6 Å². The Hall–Kier alpha value is -6.39. The van der Waals surface area contributed by atoms with Crippen LogP contribution in [0.15, 0.2) is 71.8 Å². The number of thiazole rings is 1. The number of aliphatic hydroxyl groups excluding tert-OH is 1. The van der Waals surface area contributed by atoms with E-state index in [4.69, 9.17) is 14.9 Å². The van der Waals surface area contributed by atoms with Crippen LogP contribution >= 0.6 is 23.1 Å². The average molecular weight is 809 g/mol. The first-order valence-corrected chi connectivity index (χ1v) is 18.5. The van der Waals surface area contributed by atoms with Crippen LogP contribution in [0.4, 0.5) is 21.0 Å². The molecule has 56 heavy (non-hydrogen) atoms. The van der Waals surface area contributed by atoms with Crippen molar-refractivity contribution >= 4 is 74.9 Å². The molecular formula is C34H32N8O12S2. The van der Waals surface area contributed by atoms with Crippen molar-refractivity contribution in [2.75, 3.05) is 12.3 Å². The molecule has 6 rings (SSSR count). The predicted molar refractivity (Wildman–Crippen MR) is 197 cm³/mol. The van der Waals surface area contributed by atoms with Crippen LogP contribution in [-0.4, -0.2) is 93.7 Å². The maximum atomic E-state index is 13.3. The van der Waals surface area contributed by atoms with Gasteiger partial charge in [-0.05, 0) is 42.3 Å². The van der Waals surface area contributed by atoms with Gasteiger partial charge in [0, 0.05) is 54.3 Å². The SMILES string of the molecule is C[C@@H](O)[C@H]1C(=O)N2C(C(=O)O)=C(c3cn4cnc(SCCN(C(=N)NC(=O)OCc5ccc([N+](=O)[O-])cc5)C(=O)OCc5ccc([N+](=O)[O-])cc5)c4s3)[C@H](C)[C@H]12. The molecule has 0 aliphatic carbocycles. The van der Waals surface area contributed by atoms with Crippen LogP contribution in [0.2, 0.25) is 0 Å². The molecule has 0 unspecified atom stereocenters. The summed E-state index contributed by atoms with van der Waals surface area (Å²) in [6.07, 6.45) is 0.159. The number of ether oxygens (including phenoxy) is 2. The Morgan fingerprint density at radius 2 is 1.64 bits per heavy atom. The number of nitro groups is 2. The molecule has 1 fully saturated rings. The first-order valence-electron chi connectivity index (χ1n) is 16.7. The molecule has 292 valence electrons. The maximum absolute atomic E-state index is 13.3. The van der Waals surface area contributed by atoms with Gasteiger partial charge in [0.05, 0.1) is 32.8 Å². The van der Waals surface area contributed by atoms with Gasteiger partial charge in [-0.3, -0.25) is 40.1 Å². The van der Waals surface area contributed by atoms with E-state index >= 15 is 0 Å². The third kappa shape index (κ3) is 7.87. The number of guanidine groups is 1. The summed E-state index contributed by atoms with van der Waals surface area (Å²) < 4.78 is 12.2. The highest BCUT2D eigenvalue weighted by atomic mass is 32.2. The molecule has 0 radical (unpaired) electrons. The molecule has 0 bridgehead atoms. The number of aliphatic carboxylic acids is 1. The largest absolute Gasteiger partial charge is 0.477 e. The molecular weight excluding hydrogens is 777 g/mol. The molecule has 0 saturated carbocycles. The van der Waals surface area contributed by atoms with E-state index < -0.39 is 57.9 Å². The quantitative estimate of drug-likeness (QED) is 0.0363. The third-order valence-electron chi connectivity index (χ3n) is 9.11. The van der Waals surface area contributed by atoms with E-state index in [1.165, 1.54) is 89.8 Å². The summed E-state index contributed by atoms with van der Waals surface area (Å²) in [7, 11) is 0. The Bertz CT molecular complexity index is 2270. The molecule has 2 aromatic carbocycles. The van der Waals surface area contributed by atoms with Crippen molar-refractivity contribution in [2.24, 2.45) is 11.8 Å². The average Bonchev–Trinajstić information content (AvgIpc) is 3.81. The van der Waals surface area contributed by atoms with Gasteiger partial charge in [0.1, 0.15) is 35.1 Å². The van der Waals surface area contributed by atoms with Crippen LogP contribution in [0.1, 0.15) is 29.9 Å². The Kier molecular flexibility index (Phi) is 11.3. The van der Waals surface area contributed by atoms with Crippen molar-refractivity contribution in [3.05, 3.63) is 103 Å². The standard InChI is InChI=1S/C34H32N8O12S2/c1-17-24(27(31(45)46)40-26(17)25(18(2)43)29(40)44)23-13-38-16-36-28(30(38)56-23)55-12-11-39(34(48)54-15-20-5-9-22(10-6-20)42(51)52)32(35)37-33(47)53-14-19-3-7-21(8-4-19)41(49)50/h3-10,13,16-18,25-26,43H,11-12,14-15H2,1-2H3,(H,45,46)(H2,35,37,47)/t17-,18+,25+,26+/m0/s1. The number of carbonyl (C=O) groups is 4. The van der Waals surface area contributed by atoms with Gasteiger partial charge >= 0.3 is 18.2 Å². The highest BCUT2D eigenvalue weighted by molar-refractivity contribution is 7.99. The molecule has 4 heterocycles. The number of imidazole rings is 1. The number of β-lactam (4-membered cyclic amide) rings is 1. The molecule has 2 aliphatic rings. The van der Waals surface area contributed by atoms with Gasteiger partial charge in [0.15, 0.2) is 0 Å². The number of nitro benzene ring substituents is 2. The maximum Gasteiger partial charge on any atom is 0.416 e. The number of carbonyl (C=O) groups excluding carboxylic acids is 3. The number of fused-ring (bicyclic) bond motifs is 2. The summed E-state index contributed by atoms with van der Waals surface area (Å²) in [5.74, 6) is -3.38.